The summed E-state index contributed by atoms with van der Waals surface area (Å²) >= 11 is 0. The predicted octanol–water partition coefficient (Wildman–Crippen LogP) is 4.02. The number of pyridine rings is 1. The van der Waals surface area contributed by atoms with Gasteiger partial charge in [-0.2, -0.15) is 0 Å². The minimum Gasteiger partial charge on any atom is -0.493 e. The standard InChI is InChI=1S/C26H29N5O4/c1-26(2,3)35-25(33)30-23(27)17-6-8-21-20(14-17)19(16-34-21)10-11-28-24(32)18-7-9-22(29-15-18)31-12-4-5-13-31/h4-9,12-15,19H,10-11,16H2,1-3H3,(H,28,32)(H2,27,30,33). The minimum absolute atomic E-state index is 0.0446. The maximum absolute atomic E-state index is 12.5. The summed E-state index contributed by atoms with van der Waals surface area (Å²) in [5, 5.41) is 13.6. The van der Waals surface area contributed by atoms with Crippen molar-refractivity contribution in [2.45, 2.75) is 38.7 Å². The summed E-state index contributed by atoms with van der Waals surface area (Å²) < 4.78 is 12.9. The number of hydrogen-bond acceptors (Lipinski definition) is 6. The van der Waals surface area contributed by atoms with Gasteiger partial charge in [-0.1, -0.05) is 0 Å². The van der Waals surface area contributed by atoms with E-state index in [1.807, 2.05) is 35.2 Å². The third-order valence-electron chi connectivity index (χ3n) is 5.46. The Kier molecular flexibility index (Phi) is 6.86. The average Bonchev–Trinajstić information content (AvgIpc) is 3.48. The zero-order valence-electron chi connectivity index (χ0n) is 20.0. The topological polar surface area (TPSA) is 118 Å². The van der Waals surface area contributed by atoms with E-state index in [-0.39, 0.29) is 17.7 Å². The first-order chi connectivity index (χ1) is 16.7. The number of hydrogen-bond donors (Lipinski definition) is 3. The normalized spacial score (nSPS) is 14.5. The highest BCUT2D eigenvalue weighted by Gasteiger charge is 2.25. The first kappa shape index (κ1) is 24.0. The van der Waals surface area contributed by atoms with Crippen molar-refractivity contribution >= 4 is 17.8 Å². The van der Waals surface area contributed by atoms with Crippen molar-refractivity contribution in [1.29, 1.82) is 5.41 Å². The largest absolute Gasteiger partial charge is 0.493 e. The zero-order valence-corrected chi connectivity index (χ0v) is 20.0. The smallest absolute Gasteiger partial charge is 0.413 e. The lowest BCUT2D eigenvalue weighted by atomic mass is 9.96. The molecule has 1 unspecified atom stereocenters. The van der Waals surface area contributed by atoms with E-state index in [0.29, 0.717) is 30.7 Å². The van der Waals surface area contributed by atoms with E-state index >= 15 is 0 Å². The van der Waals surface area contributed by atoms with Gasteiger partial charge in [0, 0.05) is 42.2 Å². The maximum Gasteiger partial charge on any atom is 0.413 e. The molecule has 0 saturated carbocycles. The summed E-state index contributed by atoms with van der Waals surface area (Å²) in [6.07, 6.45) is 5.35. The van der Waals surface area contributed by atoms with Crippen LogP contribution in [0.3, 0.4) is 0 Å². The van der Waals surface area contributed by atoms with Crippen LogP contribution in [0.25, 0.3) is 5.82 Å². The van der Waals surface area contributed by atoms with Gasteiger partial charge in [0.15, 0.2) is 0 Å². The van der Waals surface area contributed by atoms with E-state index in [0.717, 1.165) is 17.1 Å². The number of aromatic nitrogens is 2. The van der Waals surface area contributed by atoms with Crippen molar-refractivity contribution in [3.8, 4) is 11.6 Å². The van der Waals surface area contributed by atoms with Crippen LogP contribution >= 0.6 is 0 Å². The fourth-order valence-electron chi connectivity index (χ4n) is 3.77. The summed E-state index contributed by atoms with van der Waals surface area (Å²) in [6.45, 7) is 6.25. The molecular formula is C26H29N5O4. The van der Waals surface area contributed by atoms with Gasteiger partial charge in [-0.05, 0) is 69.7 Å². The fourth-order valence-corrected chi connectivity index (χ4v) is 3.77. The summed E-state index contributed by atoms with van der Waals surface area (Å²) in [5.41, 5.74) is 1.35. The van der Waals surface area contributed by atoms with E-state index < -0.39 is 11.7 Å². The van der Waals surface area contributed by atoms with Gasteiger partial charge in [-0.15, -0.1) is 0 Å². The van der Waals surface area contributed by atoms with Crippen molar-refractivity contribution in [1.82, 2.24) is 20.2 Å². The minimum atomic E-state index is -0.672. The van der Waals surface area contributed by atoms with E-state index in [1.165, 1.54) is 0 Å². The average molecular weight is 476 g/mol. The van der Waals surface area contributed by atoms with Crippen LogP contribution in [0.4, 0.5) is 4.79 Å². The second-order valence-corrected chi connectivity index (χ2v) is 9.30. The van der Waals surface area contributed by atoms with Crippen LogP contribution in [0.15, 0.2) is 61.1 Å². The highest BCUT2D eigenvalue weighted by atomic mass is 16.6. The monoisotopic (exact) mass is 475 g/mol. The van der Waals surface area contributed by atoms with Gasteiger partial charge in [-0.3, -0.25) is 15.5 Å². The Morgan fingerprint density at radius 3 is 2.60 bits per heavy atom. The van der Waals surface area contributed by atoms with Crippen LogP contribution in [0.5, 0.6) is 5.75 Å². The van der Waals surface area contributed by atoms with E-state index in [1.54, 1.807) is 51.2 Å². The molecule has 4 rings (SSSR count). The van der Waals surface area contributed by atoms with Gasteiger partial charge in [0.1, 0.15) is 23.0 Å². The van der Waals surface area contributed by atoms with Crippen LogP contribution < -0.4 is 15.4 Å². The molecule has 0 radical (unpaired) electrons. The number of carbonyl (C=O) groups is 2. The van der Waals surface area contributed by atoms with Crippen LogP contribution in [0, 0.1) is 5.41 Å². The summed E-state index contributed by atoms with van der Waals surface area (Å²) in [5.74, 6) is 1.33. The van der Waals surface area contributed by atoms with Gasteiger partial charge in [0.05, 0.1) is 12.2 Å². The van der Waals surface area contributed by atoms with E-state index in [4.69, 9.17) is 14.9 Å². The van der Waals surface area contributed by atoms with Crippen molar-refractivity contribution < 1.29 is 19.1 Å². The molecule has 0 spiro atoms. The van der Waals surface area contributed by atoms with Gasteiger partial charge in [-0.25, -0.2) is 9.78 Å². The molecule has 2 amide bonds. The van der Waals surface area contributed by atoms with Gasteiger partial charge in [0.2, 0.25) is 0 Å². The molecule has 1 aliphatic rings. The lowest BCUT2D eigenvalue weighted by Gasteiger charge is -2.20. The Bertz CT molecular complexity index is 1210. The molecular weight excluding hydrogens is 446 g/mol. The first-order valence-electron chi connectivity index (χ1n) is 11.4. The Morgan fingerprint density at radius 1 is 1.17 bits per heavy atom. The molecule has 3 aromatic rings. The van der Waals surface area contributed by atoms with Crippen molar-refractivity contribution in [3.63, 3.8) is 0 Å². The Hall–Kier alpha value is -4.14. The number of ether oxygens (including phenoxy) is 2. The fraction of sp³-hybridized carbons (Fsp3) is 0.308. The molecule has 0 fully saturated rings. The van der Waals surface area contributed by atoms with Crippen LogP contribution in [0.2, 0.25) is 0 Å². The highest BCUT2D eigenvalue weighted by molar-refractivity contribution is 6.04. The van der Waals surface area contributed by atoms with Crippen LogP contribution in [-0.4, -0.2) is 46.1 Å². The SMILES string of the molecule is CC(C)(C)OC(=O)NC(=N)c1ccc2c(c1)C(CCNC(=O)c1ccc(-n3cccc3)nc1)CO2. The molecule has 0 bridgehead atoms. The molecule has 1 atom stereocenters. The summed E-state index contributed by atoms with van der Waals surface area (Å²) in [4.78, 5) is 28.9. The number of benzene rings is 1. The molecule has 35 heavy (non-hydrogen) atoms. The Labute approximate surface area is 204 Å². The van der Waals surface area contributed by atoms with Crippen LogP contribution in [0.1, 0.15) is 54.6 Å². The molecule has 9 heteroatoms. The number of nitrogens with one attached hydrogen (secondary N) is 3. The zero-order chi connectivity index (χ0) is 25.0. The second kappa shape index (κ2) is 10.0. The van der Waals surface area contributed by atoms with Crippen molar-refractivity contribution in [3.05, 3.63) is 77.7 Å². The van der Waals surface area contributed by atoms with E-state index in [9.17, 15) is 9.59 Å². The molecule has 3 N–H and O–H groups in total. The Balaban J connectivity index is 1.32. The van der Waals surface area contributed by atoms with Gasteiger partial charge >= 0.3 is 6.09 Å². The molecule has 1 aliphatic heterocycles. The van der Waals surface area contributed by atoms with E-state index in [2.05, 4.69) is 15.6 Å². The number of rotatable bonds is 6. The Morgan fingerprint density at radius 2 is 1.91 bits per heavy atom. The molecule has 1 aromatic carbocycles. The van der Waals surface area contributed by atoms with Gasteiger partial charge < -0.3 is 19.4 Å². The molecule has 9 nitrogen and oxygen atoms in total. The van der Waals surface area contributed by atoms with Crippen LogP contribution in [-0.2, 0) is 4.74 Å². The predicted molar refractivity (Wildman–Crippen MR) is 131 cm³/mol. The lowest BCUT2D eigenvalue weighted by Crippen LogP contribution is -2.36. The second-order valence-electron chi connectivity index (χ2n) is 9.30. The molecule has 0 saturated heterocycles. The number of amides is 2. The molecule has 2 aromatic heterocycles. The number of nitrogens with zero attached hydrogens (tertiary/aromatic N) is 2. The number of carbonyl (C=O) groups excluding carboxylic acids is 2. The molecule has 0 aliphatic carbocycles. The maximum atomic E-state index is 12.5. The highest BCUT2D eigenvalue weighted by Crippen LogP contribution is 2.36. The van der Waals surface area contributed by atoms with Crippen molar-refractivity contribution in [2.24, 2.45) is 0 Å². The first-order valence-corrected chi connectivity index (χ1v) is 11.4. The number of amidine groups is 1. The number of fused-ring (bicyclic) bond motifs is 1. The quantitative estimate of drug-likeness (QED) is 0.368. The summed E-state index contributed by atoms with van der Waals surface area (Å²) in [7, 11) is 0. The lowest BCUT2D eigenvalue weighted by molar-refractivity contribution is 0.0563. The third kappa shape index (κ3) is 6.06. The van der Waals surface area contributed by atoms with Crippen molar-refractivity contribution in [2.75, 3.05) is 13.2 Å². The van der Waals surface area contributed by atoms with Gasteiger partial charge in [0.25, 0.3) is 5.91 Å². The third-order valence-corrected chi connectivity index (χ3v) is 5.46. The number of alkyl carbamates (subject to hydrolysis) is 1. The molecule has 3 heterocycles. The molecule has 182 valence electrons. The summed E-state index contributed by atoms with van der Waals surface area (Å²) in [6, 6.07) is 12.8.